The van der Waals surface area contributed by atoms with E-state index < -0.39 is 21.9 Å². The third-order valence-electron chi connectivity index (χ3n) is 2.59. The van der Waals surface area contributed by atoms with Gasteiger partial charge in [-0.25, -0.2) is 13.1 Å². The molecule has 1 saturated carbocycles. The predicted octanol–water partition coefficient (Wildman–Crippen LogP) is -0.449. The lowest BCUT2D eigenvalue weighted by Crippen LogP contribution is -2.46. The zero-order chi connectivity index (χ0) is 11.8. The van der Waals surface area contributed by atoms with E-state index in [1.807, 2.05) is 0 Å². The number of carbonyl (C=O) groups is 1. The Kier molecular flexibility index (Phi) is 2.68. The summed E-state index contributed by atoms with van der Waals surface area (Å²) in [6, 6.07) is -0.291. The Morgan fingerprint density at radius 2 is 2.25 bits per heavy atom. The molecule has 88 valence electrons. The molecule has 3 N–H and O–H groups in total. The minimum absolute atomic E-state index is 0.0614. The topological polar surface area (TPSA) is 112 Å². The molecular weight excluding hydrogens is 234 g/mol. The average Bonchev–Trinajstić information content (AvgIpc) is 2.62. The van der Waals surface area contributed by atoms with Gasteiger partial charge in [0.1, 0.15) is 4.90 Å². The van der Waals surface area contributed by atoms with Gasteiger partial charge in [-0.1, -0.05) is 0 Å². The van der Waals surface area contributed by atoms with Gasteiger partial charge in [-0.2, -0.15) is 5.10 Å². The lowest BCUT2D eigenvalue weighted by Gasteiger charge is -2.32. The number of hydrogen-bond acceptors (Lipinski definition) is 4. The van der Waals surface area contributed by atoms with Crippen LogP contribution in [-0.4, -0.2) is 35.7 Å². The molecule has 0 unspecified atom stereocenters. The maximum absolute atomic E-state index is 11.7. The first-order chi connectivity index (χ1) is 7.49. The second kappa shape index (κ2) is 3.87. The van der Waals surface area contributed by atoms with E-state index in [9.17, 15) is 13.2 Å². The van der Waals surface area contributed by atoms with Crippen LogP contribution in [0.5, 0.6) is 0 Å². The molecule has 2 rings (SSSR count). The van der Waals surface area contributed by atoms with Crippen molar-refractivity contribution in [3.8, 4) is 0 Å². The van der Waals surface area contributed by atoms with E-state index in [1.165, 1.54) is 12.4 Å². The van der Waals surface area contributed by atoms with E-state index in [1.54, 1.807) is 0 Å². The van der Waals surface area contributed by atoms with Crippen molar-refractivity contribution in [3.63, 3.8) is 0 Å². The highest BCUT2D eigenvalue weighted by Crippen LogP contribution is 2.28. The Labute approximate surface area is 91.9 Å². The first-order valence-electron chi connectivity index (χ1n) is 4.73. The fourth-order valence-corrected chi connectivity index (χ4v) is 2.76. The number of hydrogen-bond donors (Lipinski definition) is 3. The second-order valence-electron chi connectivity index (χ2n) is 3.76. The molecule has 8 heteroatoms. The fourth-order valence-electron chi connectivity index (χ4n) is 1.59. The van der Waals surface area contributed by atoms with Gasteiger partial charge in [0.2, 0.25) is 10.0 Å². The highest BCUT2D eigenvalue weighted by atomic mass is 32.2. The van der Waals surface area contributed by atoms with E-state index in [0.717, 1.165) is 0 Å². The zero-order valence-corrected chi connectivity index (χ0v) is 9.07. The summed E-state index contributed by atoms with van der Waals surface area (Å²) in [6.45, 7) is 0. The summed E-state index contributed by atoms with van der Waals surface area (Å²) < 4.78 is 25.7. The first kappa shape index (κ1) is 11.1. The number of H-pyrrole nitrogens is 1. The molecule has 1 aromatic rings. The molecule has 0 aromatic carbocycles. The summed E-state index contributed by atoms with van der Waals surface area (Å²) in [5, 5.41) is 14.6. The summed E-state index contributed by atoms with van der Waals surface area (Å²) in [4.78, 5) is 10.6. The highest BCUT2D eigenvalue weighted by molar-refractivity contribution is 7.89. The largest absolute Gasteiger partial charge is 0.481 e. The van der Waals surface area contributed by atoms with Crippen LogP contribution in [0.1, 0.15) is 12.8 Å². The monoisotopic (exact) mass is 245 g/mol. The van der Waals surface area contributed by atoms with Gasteiger partial charge in [-0.3, -0.25) is 9.89 Å². The van der Waals surface area contributed by atoms with Gasteiger partial charge in [0.25, 0.3) is 0 Å². The van der Waals surface area contributed by atoms with E-state index in [4.69, 9.17) is 5.11 Å². The standard InChI is InChI=1S/C8H11N3O4S/c12-8(13)5-1-6(2-5)11-16(14,15)7-3-9-10-4-7/h3-6,11H,1-2H2,(H,9,10)(H,12,13). The number of nitrogens with zero attached hydrogens (tertiary/aromatic N) is 1. The Hall–Kier alpha value is -1.41. The molecule has 0 aliphatic heterocycles. The van der Waals surface area contributed by atoms with Gasteiger partial charge in [0.05, 0.1) is 12.1 Å². The van der Waals surface area contributed by atoms with Gasteiger partial charge < -0.3 is 5.11 Å². The van der Waals surface area contributed by atoms with E-state index in [2.05, 4.69) is 14.9 Å². The third-order valence-corrected chi connectivity index (χ3v) is 4.08. The summed E-state index contributed by atoms with van der Waals surface area (Å²) in [5.74, 6) is -1.31. The van der Waals surface area contributed by atoms with E-state index in [-0.39, 0.29) is 10.9 Å². The Morgan fingerprint density at radius 1 is 1.56 bits per heavy atom. The highest BCUT2D eigenvalue weighted by Gasteiger charge is 2.37. The first-order valence-corrected chi connectivity index (χ1v) is 6.21. The summed E-state index contributed by atoms with van der Waals surface area (Å²) in [6.07, 6.45) is 3.16. The van der Waals surface area contributed by atoms with Crippen LogP contribution < -0.4 is 4.72 Å². The van der Waals surface area contributed by atoms with Crippen molar-refractivity contribution in [2.45, 2.75) is 23.8 Å². The van der Waals surface area contributed by atoms with Gasteiger partial charge in [-0.05, 0) is 12.8 Å². The van der Waals surface area contributed by atoms with Crippen LogP contribution in [0, 0.1) is 5.92 Å². The number of sulfonamides is 1. The van der Waals surface area contributed by atoms with Crippen molar-refractivity contribution in [2.24, 2.45) is 5.92 Å². The Bertz CT molecular complexity index is 475. The van der Waals surface area contributed by atoms with Crippen molar-refractivity contribution in [3.05, 3.63) is 12.4 Å². The van der Waals surface area contributed by atoms with Crippen LogP contribution in [0.4, 0.5) is 0 Å². The lowest BCUT2D eigenvalue weighted by atomic mass is 9.81. The van der Waals surface area contributed by atoms with Crippen molar-refractivity contribution in [1.82, 2.24) is 14.9 Å². The average molecular weight is 245 g/mol. The van der Waals surface area contributed by atoms with Gasteiger partial charge in [0.15, 0.2) is 0 Å². The normalized spacial score (nSPS) is 25.0. The van der Waals surface area contributed by atoms with Gasteiger partial charge in [0, 0.05) is 12.2 Å². The van der Waals surface area contributed by atoms with Crippen molar-refractivity contribution in [2.75, 3.05) is 0 Å². The van der Waals surface area contributed by atoms with Gasteiger partial charge in [-0.15, -0.1) is 0 Å². The maximum Gasteiger partial charge on any atom is 0.306 e. The SMILES string of the molecule is O=C(O)C1CC(NS(=O)(=O)c2cn[nH]c2)C1. The summed E-state index contributed by atoms with van der Waals surface area (Å²) in [7, 11) is -3.56. The molecule has 0 bridgehead atoms. The summed E-state index contributed by atoms with van der Waals surface area (Å²) in [5.41, 5.74) is 0. The Morgan fingerprint density at radius 3 is 2.75 bits per heavy atom. The molecule has 1 aromatic heterocycles. The van der Waals surface area contributed by atoms with Crippen molar-refractivity contribution >= 4 is 16.0 Å². The van der Waals surface area contributed by atoms with Crippen molar-refractivity contribution in [1.29, 1.82) is 0 Å². The maximum atomic E-state index is 11.7. The molecule has 0 radical (unpaired) electrons. The fraction of sp³-hybridized carbons (Fsp3) is 0.500. The smallest absolute Gasteiger partial charge is 0.306 e. The van der Waals surface area contributed by atoms with Crippen LogP contribution in [0.15, 0.2) is 17.3 Å². The minimum Gasteiger partial charge on any atom is -0.481 e. The number of nitrogens with one attached hydrogen (secondary N) is 2. The second-order valence-corrected chi connectivity index (χ2v) is 5.47. The molecular formula is C8H11N3O4S. The van der Waals surface area contributed by atoms with Crippen LogP contribution in [0.3, 0.4) is 0 Å². The molecule has 16 heavy (non-hydrogen) atoms. The molecule has 1 heterocycles. The number of aliphatic carboxylic acids is 1. The van der Waals surface area contributed by atoms with Gasteiger partial charge >= 0.3 is 5.97 Å². The molecule has 0 saturated heterocycles. The Balaban J connectivity index is 1.95. The molecule has 7 nitrogen and oxygen atoms in total. The van der Waals surface area contributed by atoms with Crippen LogP contribution in [0.25, 0.3) is 0 Å². The van der Waals surface area contributed by atoms with Crippen LogP contribution in [-0.2, 0) is 14.8 Å². The predicted molar refractivity (Wildman–Crippen MR) is 53.1 cm³/mol. The summed E-state index contributed by atoms with van der Waals surface area (Å²) >= 11 is 0. The quantitative estimate of drug-likeness (QED) is 0.665. The van der Waals surface area contributed by atoms with E-state index >= 15 is 0 Å². The molecule has 0 spiro atoms. The number of carboxylic acid groups (broad SMARTS) is 1. The molecule has 0 amide bonds. The lowest BCUT2D eigenvalue weighted by molar-refractivity contribution is -0.145. The number of aromatic amines is 1. The van der Waals surface area contributed by atoms with E-state index in [0.29, 0.717) is 12.8 Å². The van der Waals surface area contributed by atoms with Crippen LogP contribution in [0.2, 0.25) is 0 Å². The van der Waals surface area contributed by atoms with Crippen molar-refractivity contribution < 1.29 is 18.3 Å². The number of aromatic nitrogens is 2. The molecule has 1 aliphatic rings. The zero-order valence-electron chi connectivity index (χ0n) is 8.25. The number of rotatable bonds is 4. The number of carboxylic acids is 1. The minimum atomic E-state index is -3.56. The third kappa shape index (κ3) is 2.07. The molecule has 1 fully saturated rings. The molecule has 1 aliphatic carbocycles. The van der Waals surface area contributed by atoms with Crippen LogP contribution >= 0.6 is 0 Å². The molecule has 0 atom stereocenters.